The number of benzene rings is 2. The fourth-order valence-corrected chi connectivity index (χ4v) is 3.74. The number of aromatic nitrogens is 2. The van der Waals surface area contributed by atoms with Crippen LogP contribution in [-0.4, -0.2) is 34.6 Å². The molecule has 0 bridgehead atoms. The number of carbonyl (C=O) groups is 2. The Bertz CT molecular complexity index is 1060. The molecule has 1 aliphatic rings. The van der Waals surface area contributed by atoms with Crippen LogP contribution in [0.25, 0.3) is 5.69 Å². The van der Waals surface area contributed by atoms with Crippen molar-refractivity contribution in [2.45, 2.75) is 20.3 Å². The molecule has 0 aliphatic carbocycles. The summed E-state index contributed by atoms with van der Waals surface area (Å²) < 4.78 is 7.45. The minimum Gasteiger partial charge on any atom is -0.493 e. The van der Waals surface area contributed by atoms with E-state index in [2.05, 4.69) is 10.4 Å². The van der Waals surface area contributed by atoms with Crippen LogP contribution in [0.4, 0.5) is 0 Å². The van der Waals surface area contributed by atoms with E-state index >= 15 is 0 Å². The first kappa shape index (κ1) is 18.9. The minimum absolute atomic E-state index is 0.135. The summed E-state index contributed by atoms with van der Waals surface area (Å²) in [5.74, 6) is -0.136. The van der Waals surface area contributed by atoms with Gasteiger partial charge in [-0.25, -0.2) is 4.68 Å². The van der Waals surface area contributed by atoms with Crippen LogP contribution in [-0.2, 0) is 11.2 Å². The van der Waals surface area contributed by atoms with Crippen LogP contribution < -0.4 is 10.1 Å². The van der Waals surface area contributed by atoms with E-state index in [1.165, 1.54) is 0 Å². The summed E-state index contributed by atoms with van der Waals surface area (Å²) >= 11 is 0. The number of Topliss-reactive ketones (excluding diaryl/α,β-unsaturated/α-hetero) is 1. The van der Waals surface area contributed by atoms with Crippen LogP contribution in [0.3, 0.4) is 0 Å². The lowest BCUT2D eigenvalue weighted by molar-refractivity contribution is -0.117. The number of amides is 1. The van der Waals surface area contributed by atoms with Crippen molar-refractivity contribution in [3.05, 3.63) is 77.1 Å². The monoisotopic (exact) mass is 389 g/mol. The van der Waals surface area contributed by atoms with Gasteiger partial charge in [0.05, 0.1) is 29.2 Å². The van der Waals surface area contributed by atoms with Crippen molar-refractivity contribution in [3.8, 4) is 11.4 Å². The molecule has 2 heterocycles. The highest BCUT2D eigenvalue weighted by Crippen LogP contribution is 2.26. The van der Waals surface area contributed by atoms with E-state index in [-0.39, 0.29) is 5.92 Å². The molecule has 0 saturated carbocycles. The molecule has 1 amide bonds. The standard InChI is InChI=1S/C23H23N3O3/c1-15-21(16(2)26(25-15)19-9-4-3-5-10-19)22(27)23(28)24-13-17-12-18-8-6-7-11-20(18)29-14-17/h3-11,17H,12-14H2,1-2H3,(H,24,28). The first-order chi connectivity index (χ1) is 14.0. The zero-order valence-electron chi connectivity index (χ0n) is 16.5. The molecule has 0 spiro atoms. The number of nitrogens with zero attached hydrogens (tertiary/aromatic N) is 2. The van der Waals surface area contributed by atoms with Crippen molar-refractivity contribution in [1.29, 1.82) is 0 Å². The molecule has 0 fully saturated rings. The summed E-state index contributed by atoms with van der Waals surface area (Å²) in [6, 6.07) is 17.4. The number of ether oxygens (including phenoxy) is 1. The predicted molar refractivity (Wildman–Crippen MR) is 110 cm³/mol. The fourth-order valence-electron chi connectivity index (χ4n) is 3.74. The summed E-state index contributed by atoms with van der Waals surface area (Å²) in [6.45, 7) is 4.47. The Hall–Kier alpha value is -3.41. The van der Waals surface area contributed by atoms with Crippen molar-refractivity contribution in [3.63, 3.8) is 0 Å². The van der Waals surface area contributed by atoms with Crippen molar-refractivity contribution in [2.24, 2.45) is 5.92 Å². The van der Waals surface area contributed by atoms with E-state index < -0.39 is 11.7 Å². The van der Waals surface area contributed by atoms with Crippen molar-refractivity contribution >= 4 is 11.7 Å². The molecular weight excluding hydrogens is 366 g/mol. The predicted octanol–water partition coefficient (Wildman–Crippen LogP) is 3.04. The highest BCUT2D eigenvalue weighted by atomic mass is 16.5. The zero-order chi connectivity index (χ0) is 20.4. The molecule has 148 valence electrons. The SMILES string of the molecule is Cc1nn(-c2ccccc2)c(C)c1C(=O)C(=O)NCC1COc2ccccc2C1. The van der Waals surface area contributed by atoms with Crippen LogP contribution in [0.15, 0.2) is 54.6 Å². The van der Waals surface area contributed by atoms with Gasteiger partial charge in [0.2, 0.25) is 0 Å². The molecule has 1 N–H and O–H groups in total. The number of ketones is 1. The maximum atomic E-state index is 12.8. The lowest BCUT2D eigenvalue weighted by Crippen LogP contribution is -2.38. The van der Waals surface area contributed by atoms with Crippen LogP contribution in [0.1, 0.15) is 27.3 Å². The number of para-hydroxylation sites is 2. The summed E-state index contributed by atoms with van der Waals surface area (Å²) in [7, 11) is 0. The van der Waals surface area contributed by atoms with Gasteiger partial charge in [-0.1, -0.05) is 36.4 Å². The number of carbonyl (C=O) groups excluding carboxylic acids is 2. The van der Waals surface area contributed by atoms with Crippen LogP contribution >= 0.6 is 0 Å². The van der Waals surface area contributed by atoms with Gasteiger partial charge < -0.3 is 10.1 Å². The summed E-state index contributed by atoms with van der Waals surface area (Å²) in [5, 5.41) is 7.23. The summed E-state index contributed by atoms with van der Waals surface area (Å²) in [4.78, 5) is 25.3. The number of hydrogen-bond donors (Lipinski definition) is 1. The van der Waals surface area contributed by atoms with Gasteiger partial charge in [0.15, 0.2) is 0 Å². The topological polar surface area (TPSA) is 73.2 Å². The van der Waals surface area contributed by atoms with Gasteiger partial charge in [-0.3, -0.25) is 9.59 Å². The Morgan fingerprint density at radius 1 is 1.10 bits per heavy atom. The van der Waals surface area contributed by atoms with E-state index in [4.69, 9.17) is 4.74 Å². The number of nitrogens with one attached hydrogen (secondary N) is 1. The second-order valence-electron chi connectivity index (χ2n) is 7.32. The molecule has 4 rings (SSSR count). The average Bonchev–Trinajstić information content (AvgIpc) is 3.05. The summed E-state index contributed by atoms with van der Waals surface area (Å²) in [6.07, 6.45) is 0.814. The molecule has 3 aromatic rings. The van der Waals surface area contributed by atoms with Crippen LogP contribution in [0, 0.1) is 19.8 Å². The van der Waals surface area contributed by atoms with Gasteiger partial charge >= 0.3 is 0 Å². The molecule has 2 aromatic carbocycles. The minimum atomic E-state index is -0.609. The third kappa shape index (κ3) is 3.78. The maximum Gasteiger partial charge on any atom is 0.292 e. The molecule has 1 unspecified atom stereocenters. The van der Waals surface area contributed by atoms with Gasteiger partial charge in [-0.15, -0.1) is 0 Å². The Morgan fingerprint density at radius 3 is 2.62 bits per heavy atom. The number of fused-ring (bicyclic) bond motifs is 1. The first-order valence-corrected chi connectivity index (χ1v) is 9.69. The van der Waals surface area contributed by atoms with E-state index in [9.17, 15) is 9.59 Å². The quantitative estimate of drug-likeness (QED) is 0.538. The molecule has 1 aromatic heterocycles. The Balaban J connectivity index is 1.44. The van der Waals surface area contributed by atoms with E-state index in [0.29, 0.717) is 30.1 Å². The molecule has 6 heteroatoms. The number of aryl methyl sites for hydroxylation is 1. The van der Waals surface area contributed by atoms with E-state index in [1.807, 2.05) is 54.6 Å². The van der Waals surface area contributed by atoms with Gasteiger partial charge in [0.1, 0.15) is 5.75 Å². The first-order valence-electron chi connectivity index (χ1n) is 9.69. The highest BCUT2D eigenvalue weighted by molar-refractivity contribution is 6.43. The number of rotatable bonds is 5. The second-order valence-corrected chi connectivity index (χ2v) is 7.32. The van der Waals surface area contributed by atoms with Crippen molar-refractivity contribution < 1.29 is 14.3 Å². The molecule has 1 aliphatic heterocycles. The molecular formula is C23H23N3O3. The third-order valence-electron chi connectivity index (χ3n) is 5.23. The van der Waals surface area contributed by atoms with Crippen LogP contribution in [0.5, 0.6) is 5.75 Å². The van der Waals surface area contributed by atoms with E-state index in [1.54, 1.807) is 18.5 Å². The lowest BCUT2D eigenvalue weighted by Gasteiger charge is -2.25. The Morgan fingerprint density at radius 2 is 1.83 bits per heavy atom. The fraction of sp³-hybridized carbons (Fsp3) is 0.261. The number of hydrogen-bond acceptors (Lipinski definition) is 4. The maximum absolute atomic E-state index is 12.8. The molecule has 1 atom stereocenters. The van der Waals surface area contributed by atoms with Gasteiger partial charge in [-0.2, -0.15) is 5.10 Å². The van der Waals surface area contributed by atoms with Gasteiger partial charge in [-0.05, 0) is 44.0 Å². The normalized spacial score (nSPS) is 15.3. The van der Waals surface area contributed by atoms with Gasteiger partial charge in [0, 0.05) is 12.5 Å². The average molecular weight is 389 g/mol. The van der Waals surface area contributed by atoms with Crippen LogP contribution in [0.2, 0.25) is 0 Å². The second kappa shape index (κ2) is 7.91. The third-order valence-corrected chi connectivity index (χ3v) is 5.23. The smallest absolute Gasteiger partial charge is 0.292 e. The van der Waals surface area contributed by atoms with Crippen molar-refractivity contribution in [2.75, 3.05) is 13.2 Å². The summed E-state index contributed by atoms with van der Waals surface area (Å²) in [5.41, 5.74) is 3.53. The molecule has 6 nitrogen and oxygen atoms in total. The Kier molecular flexibility index (Phi) is 5.16. The Labute approximate surface area is 169 Å². The largest absolute Gasteiger partial charge is 0.493 e. The highest BCUT2D eigenvalue weighted by Gasteiger charge is 2.26. The molecule has 0 saturated heterocycles. The van der Waals surface area contributed by atoms with Crippen molar-refractivity contribution in [1.82, 2.24) is 15.1 Å². The lowest BCUT2D eigenvalue weighted by atomic mass is 9.96. The molecule has 29 heavy (non-hydrogen) atoms. The van der Waals surface area contributed by atoms with Gasteiger partial charge in [0.25, 0.3) is 11.7 Å². The van der Waals surface area contributed by atoms with E-state index in [0.717, 1.165) is 23.4 Å². The zero-order valence-corrected chi connectivity index (χ0v) is 16.5. The molecule has 0 radical (unpaired) electrons.